The van der Waals surface area contributed by atoms with Crippen molar-refractivity contribution < 1.29 is 9.59 Å². The van der Waals surface area contributed by atoms with Crippen LogP contribution in [0.5, 0.6) is 0 Å². The van der Waals surface area contributed by atoms with Gasteiger partial charge in [0.15, 0.2) is 5.65 Å². The zero-order valence-electron chi connectivity index (χ0n) is 27.3. The SMILES string of the molecule is O=C1CCN(c2ccc(CN3CCN(c4ccc(Nc5ncc6nc(Nc7ccccc7)n(C7CCCC7)c6n5)nc4)CC3)cc2)C(=O)N1. The molecule has 3 aliphatic rings. The Morgan fingerprint density at radius 3 is 2.29 bits per heavy atom. The first kappa shape index (κ1) is 30.8. The van der Waals surface area contributed by atoms with E-state index in [2.05, 4.69) is 53.5 Å². The van der Waals surface area contributed by atoms with E-state index in [-0.39, 0.29) is 11.9 Å². The molecule has 3 fully saturated rings. The maximum atomic E-state index is 12.2. The standard InChI is InChI=1S/C36H39N11O2/c48-32-16-17-46(36(49)42-32)27-12-10-25(11-13-27)24-44-18-20-45(21-19-44)29-14-15-31(37-22-29)41-34-38-23-30-33(43-34)47(28-8-4-5-9-28)35(40-30)39-26-6-2-1-3-7-26/h1-3,6-7,10-15,22-23,28H,4-5,8-9,16-21,24H2,(H,39,40)(H,42,48,49)(H,37,38,41,43). The molecule has 1 saturated carbocycles. The number of rotatable bonds is 9. The molecule has 0 unspecified atom stereocenters. The Bertz CT molecular complexity index is 1930. The summed E-state index contributed by atoms with van der Waals surface area (Å²) in [6.07, 6.45) is 8.64. The number of imidazole rings is 1. The predicted octanol–water partition coefficient (Wildman–Crippen LogP) is 5.59. The van der Waals surface area contributed by atoms with Gasteiger partial charge in [0.25, 0.3) is 0 Å². The van der Waals surface area contributed by atoms with Gasteiger partial charge in [-0.2, -0.15) is 4.98 Å². The summed E-state index contributed by atoms with van der Waals surface area (Å²) in [5.41, 5.74) is 5.65. The molecule has 3 N–H and O–H groups in total. The Kier molecular flexibility index (Phi) is 8.48. The lowest BCUT2D eigenvalue weighted by atomic mass is 10.1. The van der Waals surface area contributed by atoms with Gasteiger partial charge in [0.05, 0.1) is 18.1 Å². The summed E-state index contributed by atoms with van der Waals surface area (Å²) in [5.74, 6) is 1.75. The van der Waals surface area contributed by atoms with Gasteiger partial charge in [0.1, 0.15) is 11.3 Å². The summed E-state index contributed by atoms with van der Waals surface area (Å²) in [6.45, 7) is 4.91. The van der Waals surface area contributed by atoms with Crippen LogP contribution in [0.3, 0.4) is 0 Å². The van der Waals surface area contributed by atoms with Gasteiger partial charge in [-0.05, 0) is 54.8 Å². The molecule has 2 aliphatic heterocycles. The molecule has 13 heteroatoms. The first-order chi connectivity index (χ1) is 24.1. The number of nitrogens with one attached hydrogen (secondary N) is 3. The van der Waals surface area contributed by atoms with Crippen LogP contribution in [-0.2, 0) is 11.3 Å². The summed E-state index contributed by atoms with van der Waals surface area (Å²) in [7, 11) is 0. The topological polar surface area (TPSA) is 136 Å². The molecule has 0 atom stereocenters. The highest BCUT2D eigenvalue weighted by Crippen LogP contribution is 2.36. The summed E-state index contributed by atoms with van der Waals surface area (Å²) in [6, 6.07) is 22.2. The zero-order valence-corrected chi connectivity index (χ0v) is 27.3. The van der Waals surface area contributed by atoms with Gasteiger partial charge in [-0.15, -0.1) is 0 Å². The molecule has 0 bridgehead atoms. The molecule has 1 aliphatic carbocycles. The Labute approximate surface area is 284 Å². The maximum absolute atomic E-state index is 12.2. The van der Waals surface area contributed by atoms with Gasteiger partial charge in [-0.1, -0.05) is 43.2 Å². The highest BCUT2D eigenvalue weighted by molar-refractivity contribution is 6.05. The average molecular weight is 658 g/mol. The van der Waals surface area contributed by atoms with E-state index in [4.69, 9.17) is 15.0 Å². The number of para-hydroxylation sites is 1. The van der Waals surface area contributed by atoms with Crippen molar-refractivity contribution in [2.75, 3.05) is 53.2 Å². The fourth-order valence-electron chi connectivity index (χ4n) is 6.97. The fraction of sp³-hybridized carbons (Fsp3) is 0.333. The van der Waals surface area contributed by atoms with E-state index in [9.17, 15) is 9.59 Å². The summed E-state index contributed by atoms with van der Waals surface area (Å²) in [5, 5.41) is 9.18. The first-order valence-electron chi connectivity index (χ1n) is 17.0. The van der Waals surface area contributed by atoms with E-state index in [0.29, 0.717) is 30.8 Å². The molecule has 2 saturated heterocycles. The van der Waals surface area contributed by atoms with Gasteiger partial charge < -0.3 is 15.5 Å². The average Bonchev–Trinajstić information content (AvgIpc) is 3.78. The van der Waals surface area contributed by atoms with Crippen LogP contribution in [0.2, 0.25) is 0 Å². The van der Waals surface area contributed by atoms with E-state index in [0.717, 1.165) is 79.7 Å². The predicted molar refractivity (Wildman–Crippen MR) is 190 cm³/mol. The maximum Gasteiger partial charge on any atom is 0.328 e. The fourth-order valence-corrected chi connectivity index (χ4v) is 6.97. The number of benzene rings is 2. The monoisotopic (exact) mass is 657 g/mol. The molecule has 5 aromatic rings. The number of imide groups is 1. The van der Waals surface area contributed by atoms with Crippen molar-refractivity contribution in [2.24, 2.45) is 0 Å². The Hall–Kier alpha value is -5.56. The molecule has 3 amide bonds. The summed E-state index contributed by atoms with van der Waals surface area (Å²) >= 11 is 0. The normalized spacial score (nSPS) is 17.5. The van der Waals surface area contributed by atoms with Crippen LogP contribution >= 0.6 is 0 Å². The van der Waals surface area contributed by atoms with Gasteiger partial charge in [0, 0.05) is 63.1 Å². The molecule has 250 valence electrons. The molecule has 2 aromatic carbocycles. The van der Waals surface area contributed by atoms with E-state index in [1.165, 1.54) is 18.4 Å². The van der Waals surface area contributed by atoms with Crippen molar-refractivity contribution in [3.05, 3.63) is 84.7 Å². The minimum Gasteiger partial charge on any atom is -0.368 e. The lowest BCUT2D eigenvalue weighted by molar-refractivity contribution is -0.120. The van der Waals surface area contributed by atoms with Crippen LogP contribution in [0.1, 0.15) is 43.7 Å². The van der Waals surface area contributed by atoms with Crippen LogP contribution in [0, 0.1) is 0 Å². The Morgan fingerprint density at radius 2 is 1.55 bits per heavy atom. The smallest absolute Gasteiger partial charge is 0.328 e. The molecular formula is C36H39N11O2. The molecular weight excluding hydrogens is 618 g/mol. The number of carbonyl (C=O) groups is 2. The van der Waals surface area contributed by atoms with Crippen molar-refractivity contribution >= 4 is 57.9 Å². The first-order valence-corrected chi connectivity index (χ1v) is 17.0. The number of hydrogen-bond acceptors (Lipinski definition) is 10. The highest BCUT2D eigenvalue weighted by Gasteiger charge is 2.26. The zero-order chi connectivity index (χ0) is 33.2. The van der Waals surface area contributed by atoms with Crippen LogP contribution < -0.4 is 25.8 Å². The number of amides is 3. The van der Waals surface area contributed by atoms with Crippen LogP contribution in [-0.4, -0.2) is 74.1 Å². The number of nitrogens with zero attached hydrogens (tertiary/aromatic N) is 8. The number of aromatic nitrogens is 5. The number of pyridine rings is 1. The lowest BCUT2D eigenvalue weighted by Crippen LogP contribution is -2.49. The van der Waals surface area contributed by atoms with E-state index < -0.39 is 0 Å². The van der Waals surface area contributed by atoms with Crippen LogP contribution in [0.4, 0.5) is 39.6 Å². The second kappa shape index (κ2) is 13.5. The second-order valence-corrected chi connectivity index (χ2v) is 12.8. The van der Waals surface area contributed by atoms with Gasteiger partial charge in [0.2, 0.25) is 17.8 Å². The third kappa shape index (κ3) is 6.74. The number of fused-ring (bicyclic) bond motifs is 1. The number of carbonyl (C=O) groups excluding carboxylic acids is 2. The molecule has 5 heterocycles. The highest BCUT2D eigenvalue weighted by atomic mass is 16.2. The van der Waals surface area contributed by atoms with Crippen molar-refractivity contribution in [3.63, 3.8) is 0 Å². The second-order valence-electron chi connectivity index (χ2n) is 12.8. The van der Waals surface area contributed by atoms with Crippen molar-refractivity contribution in [1.82, 2.24) is 34.7 Å². The van der Waals surface area contributed by atoms with Crippen LogP contribution in [0.15, 0.2) is 79.1 Å². The molecule has 13 nitrogen and oxygen atoms in total. The quantitative estimate of drug-likeness (QED) is 0.184. The van der Waals surface area contributed by atoms with E-state index >= 15 is 0 Å². The number of hydrogen-bond donors (Lipinski definition) is 3. The van der Waals surface area contributed by atoms with Gasteiger partial charge in [-0.3, -0.25) is 24.5 Å². The number of urea groups is 1. The largest absolute Gasteiger partial charge is 0.368 e. The van der Waals surface area contributed by atoms with E-state index in [1.54, 1.807) is 11.1 Å². The Morgan fingerprint density at radius 1 is 0.776 bits per heavy atom. The Balaban J connectivity index is 0.885. The third-order valence-electron chi connectivity index (χ3n) is 9.59. The molecule has 0 spiro atoms. The van der Waals surface area contributed by atoms with Crippen molar-refractivity contribution in [1.29, 1.82) is 0 Å². The van der Waals surface area contributed by atoms with Gasteiger partial charge in [-0.25, -0.2) is 19.7 Å². The third-order valence-corrected chi connectivity index (χ3v) is 9.59. The minimum absolute atomic E-state index is 0.224. The minimum atomic E-state index is -0.359. The molecule has 49 heavy (non-hydrogen) atoms. The molecule has 0 radical (unpaired) electrons. The summed E-state index contributed by atoms with van der Waals surface area (Å²) in [4.78, 5) is 49.1. The number of piperazine rings is 1. The van der Waals surface area contributed by atoms with Crippen molar-refractivity contribution in [3.8, 4) is 0 Å². The van der Waals surface area contributed by atoms with E-state index in [1.807, 2.05) is 54.7 Å². The number of anilines is 6. The molecule has 8 rings (SSSR count). The van der Waals surface area contributed by atoms with Crippen LogP contribution in [0.25, 0.3) is 11.2 Å². The molecule has 3 aromatic heterocycles. The van der Waals surface area contributed by atoms with Gasteiger partial charge >= 0.3 is 6.03 Å². The summed E-state index contributed by atoms with van der Waals surface area (Å²) < 4.78 is 2.24. The lowest BCUT2D eigenvalue weighted by Gasteiger charge is -2.36. The van der Waals surface area contributed by atoms with Crippen molar-refractivity contribution in [2.45, 2.75) is 44.7 Å².